The number of furan rings is 1. The van der Waals surface area contributed by atoms with Crippen LogP contribution in [0.1, 0.15) is 49.1 Å². The minimum Gasteiger partial charge on any atom is -0.454 e. The van der Waals surface area contributed by atoms with Crippen molar-refractivity contribution < 1.29 is 4.42 Å². The van der Waals surface area contributed by atoms with Crippen molar-refractivity contribution in [2.45, 2.75) is 44.9 Å². The zero-order chi connectivity index (χ0) is 43.0. The molecule has 0 aliphatic heterocycles. The van der Waals surface area contributed by atoms with E-state index in [1.54, 1.807) is 0 Å². The third-order valence-electron chi connectivity index (χ3n) is 14.6. The number of aryl methyl sites for hydroxylation is 1. The monoisotopic (exact) mass is 833 g/mol. The molecular weight excluding hydrogens is 787 g/mol. The zero-order valence-corrected chi connectivity index (χ0v) is 36.5. The third-order valence-corrected chi connectivity index (χ3v) is 14.6. The molecule has 1 aromatic heterocycles. The van der Waals surface area contributed by atoms with Gasteiger partial charge in [-0.2, -0.15) is 0 Å². The van der Waals surface area contributed by atoms with Gasteiger partial charge in [0.15, 0.2) is 5.58 Å². The van der Waals surface area contributed by atoms with E-state index in [0.29, 0.717) is 5.92 Å². The fourth-order valence-corrected chi connectivity index (χ4v) is 11.6. The lowest BCUT2D eigenvalue weighted by Gasteiger charge is -2.30. The molecule has 2 aliphatic carbocycles. The first-order valence-corrected chi connectivity index (χ1v) is 23.4. The van der Waals surface area contributed by atoms with E-state index in [0.717, 1.165) is 33.6 Å². The van der Waals surface area contributed by atoms with Crippen LogP contribution in [0.5, 0.6) is 0 Å². The van der Waals surface area contributed by atoms with Gasteiger partial charge in [0, 0.05) is 27.2 Å². The maximum Gasteiger partial charge on any atom is 0.159 e. The summed E-state index contributed by atoms with van der Waals surface area (Å²) in [4.78, 5) is 2.50. The molecule has 0 spiro atoms. The van der Waals surface area contributed by atoms with Crippen LogP contribution >= 0.6 is 0 Å². The number of hydrogen-bond acceptors (Lipinski definition) is 2. The number of fused-ring (bicyclic) bond motifs is 13. The topological polar surface area (TPSA) is 16.4 Å². The Labute approximate surface area is 380 Å². The molecule has 2 heteroatoms. The minimum atomic E-state index is 0.529. The normalized spacial score (nSPS) is 13.6. The molecule has 13 rings (SSSR count). The fraction of sp³-hybridized carbons (Fsp3) is 0.111. The van der Waals surface area contributed by atoms with Gasteiger partial charge in [-0.1, -0.05) is 201 Å². The molecule has 0 N–H and O–H groups in total. The smallest absolute Gasteiger partial charge is 0.159 e. The lowest BCUT2D eigenvalue weighted by atomic mass is 9.79. The van der Waals surface area contributed by atoms with Gasteiger partial charge in [-0.3, -0.25) is 0 Å². The second-order valence-corrected chi connectivity index (χ2v) is 18.1. The van der Waals surface area contributed by atoms with E-state index in [2.05, 4.69) is 212 Å². The van der Waals surface area contributed by atoms with Crippen LogP contribution in [0, 0.1) is 6.92 Å². The summed E-state index contributed by atoms with van der Waals surface area (Å²) in [7, 11) is 0. The molecule has 310 valence electrons. The maximum absolute atomic E-state index is 7.25. The molecule has 0 saturated heterocycles. The molecule has 1 fully saturated rings. The van der Waals surface area contributed by atoms with Crippen LogP contribution in [0.3, 0.4) is 0 Å². The number of para-hydroxylation sites is 3. The average Bonchev–Trinajstić information content (AvgIpc) is 3.76. The van der Waals surface area contributed by atoms with Gasteiger partial charge in [0.1, 0.15) is 5.58 Å². The van der Waals surface area contributed by atoms with Gasteiger partial charge in [-0.25, -0.2) is 0 Å². The fourth-order valence-electron chi connectivity index (χ4n) is 11.6. The van der Waals surface area contributed by atoms with Crippen molar-refractivity contribution in [3.63, 3.8) is 0 Å². The van der Waals surface area contributed by atoms with Crippen LogP contribution in [-0.4, -0.2) is 0 Å². The van der Waals surface area contributed by atoms with Crippen LogP contribution < -0.4 is 4.90 Å². The summed E-state index contributed by atoms with van der Waals surface area (Å²) in [6.07, 6.45) is 6.34. The Hall–Kier alpha value is -7.68. The van der Waals surface area contributed by atoms with Crippen molar-refractivity contribution in [3.8, 4) is 55.6 Å². The van der Waals surface area contributed by atoms with E-state index in [-0.39, 0.29) is 0 Å². The van der Waals surface area contributed by atoms with E-state index >= 15 is 0 Å². The van der Waals surface area contributed by atoms with Gasteiger partial charge in [0.05, 0.1) is 11.4 Å². The van der Waals surface area contributed by atoms with Crippen molar-refractivity contribution in [2.75, 3.05) is 4.90 Å². The van der Waals surface area contributed by atoms with Gasteiger partial charge >= 0.3 is 0 Å². The van der Waals surface area contributed by atoms with Crippen LogP contribution in [0.2, 0.25) is 0 Å². The van der Waals surface area contributed by atoms with E-state index in [4.69, 9.17) is 4.42 Å². The van der Waals surface area contributed by atoms with Crippen molar-refractivity contribution in [1.29, 1.82) is 0 Å². The van der Waals surface area contributed by atoms with E-state index in [1.807, 2.05) is 0 Å². The van der Waals surface area contributed by atoms with Gasteiger partial charge in [0.25, 0.3) is 0 Å². The molecule has 11 aromatic rings. The highest BCUT2D eigenvalue weighted by atomic mass is 16.3. The van der Waals surface area contributed by atoms with E-state index < -0.39 is 0 Å². The highest BCUT2D eigenvalue weighted by Crippen LogP contribution is 2.53. The Balaban J connectivity index is 1.08. The van der Waals surface area contributed by atoms with Crippen LogP contribution in [-0.2, 0) is 0 Å². The highest BCUT2D eigenvalue weighted by molar-refractivity contribution is 6.24. The molecule has 0 radical (unpaired) electrons. The molecule has 1 heterocycles. The predicted molar refractivity (Wildman–Crippen MR) is 275 cm³/mol. The summed E-state index contributed by atoms with van der Waals surface area (Å²) in [6, 6.07) is 74.4. The Bertz CT molecular complexity index is 3610. The van der Waals surface area contributed by atoms with E-state index in [9.17, 15) is 0 Å². The SMILES string of the molecule is Cc1ccccc1N(c1c2ccccc2c(-c2ccc3c(c2)-c2ccccc2-c2ccccc2-c2ccccc2-3)c2ccccc12)c1cccc2c1oc1c(C3CCCCC3)cccc12. The Kier molecular flexibility index (Phi) is 8.88. The predicted octanol–water partition coefficient (Wildman–Crippen LogP) is 18.4. The second-order valence-electron chi connectivity index (χ2n) is 18.1. The largest absolute Gasteiger partial charge is 0.454 e. The summed E-state index contributed by atoms with van der Waals surface area (Å²) >= 11 is 0. The third kappa shape index (κ3) is 5.94. The minimum absolute atomic E-state index is 0.529. The lowest BCUT2D eigenvalue weighted by Crippen LogP contribution is -2.13. The standard InChI is InChI=1S/C63H47NO/c1-40-19-5-16-35-58(40)64(59-36-18-34-56-55-33-17-32-43(62(55)65-63(56)59)41-20-3-2-4-21-41)61-53-30-14-12-28-51(53)60(52-29-13-15-31-54(52)61)42-37-38-50-48-26-9-8-24-46(48)44-22-6-7-23-45(44)47-25-10-11-27-49(47)57(50)39-42/h5-19,22-39,41H,2-4,20-21H2,1H3. The van der Waals surface area contributed by atoms with Crippen molar-refractivity contribution in [2.24, 2.45) is 0 Å². The van der Waals surface area contributed by atoms with Crippen LogP contribution in [0.15, 0.2) is 205 Å². The molecule has 0 amide bonds. The molecule has 2 nitrogen and oxygen atoms in total. The summed E-state index contributed by atoms with van der Waals surface area (Å²) in [6.45, 7) is 2.23. The Morgan fingerprint density at radius 1 is 0.385 bits per heavy atom. The zero-order valence-electron chi connectivity index (χ0n) is 36.5. The summed E-state index contributed by atoms with van der Waals surface area (Å²) in [5.74, 6) is 0.529. The van der Waals surface area contributed by atoms with Gasteiger partial charge in [-0.05, 0) is 121 Å². The first-order chi connectivity index (χ1) is 32.2. The molecular formula is C63H47NO. The molecule has 65 heavy (non-hydrogen) atoms. The number of rotatable bonds is 5. The molecule has 1 saturated carbocycles. The maximum atomic E-state index is 7.25. The second kappa shape index (κ2) is 15.2. The quantitative estimate of drug-likeness (QED) is 0.161. The molecule has 0 bridgehead atoms. The van der Waals surface area contributed by atoms with Gasteiger partial charge in [0.2, 0.25) is 0 Å². The molecule has 0 atom stereocenters. The first-order valence-electron chi connectivity index (χ1n) is 23.4. The van der Waals surface area contributed by atoms with Gasteiger partial charge in [-0.15, -0.1) is 0 Å². The first kappa shape index (κ1) is 37.8. The van der Waals surface area contributed by atoms with E-state index in [1.165, 1.54) is 126 Å². The van der Waals surface area contributed by atoms with Crippen LogP contribution in [0.4, 0.5) is 17.1 Å². The van der Waals surface area contributed by atoms with Crippen molar-refractivity contribution in [1.82, 2.24) is 0 Å². The van der Waals surface area contributed by atoms with Crippen molar-refractivity contribution in [3.05, 3.63) is 211 Å². The lowest BCUT2D eigenvalue weighted by molar-refractivity contribution is 0.442. The molecule has 2 aliphatic rings. The van der Waals surface area contributed by atoms with Crippen LogP contribution in [0.25, 0.3) is 99.1 Å². The Morgan fingerprint density at radius 2 is 0.846 bits per heavy atom. The van der Waals surface area contributed by atoms with Crippen molar-refractivity contribution >= 4 is 60.5 Å². The molecule has 10 aromatic carbocycles. The number of hydrogen-bond donors (Lipinski definition) is 0. The van der Waals surface area contributed by atoms with Gasteiger partial charge < -0.3 is 9.32 Å². The summed E-state index contributed by atoms with van der Waals surface area (Å²) < 4.78 is 7.25. The summed E-state index contributed by atoms with van der Waals surface area (Å²) in [5, 5.41) is 7.15. The number of anilines is 3. The number of nitrogens with zero attached hydrogens (tertiary/aromatic N) is 1. The highest BCUT2D eigenvalue weighted by Gasteiger charge is 2.28. The summed E-state index contributed by atoms with van der Waals surface area (Å²) in [5.41, 5.74) is 20.3. The molecule has 0 unspecified atom stereocenters. The Morgan fingerprint density at radius 3 is 1.45 bits per heavy atom. The number of benzene rings is 10. The average molecular weight is 834 g/mol.